The summed E-state index contributed by atoms with van der Waals surface area (Å²) in [5, 5.41) is 14.0. The number of rotatable bonds is 4. The highest BCUT2D eigenvalue weighted by Gasteiger charge is 2.31. The molecular weight excluding hydrogens is 465 g/mol. The van der Waals surface area contributed by atoms with Crippen LogP contribution in [0.4, 0.5) is 13.2 Å². The zero-order valence-corrected chi connectivity index (χ0v) is 17.9. The molecule has 2 amide bonds. The number of alkyl halides is 3. The summed E-state index contributed by atoms with van der Waals surface area (Å²) < 4.78 is 40.2. The number of hydrogen-bond acceptors (Lipinski definition) is 5. The molecule has 0 saturated heterocycles. The lowest BCUT2D eigenvalue weighted by Crippen LogP contribution is -2.45. The predicted octanol–water partition coefficient (Wildman–Crippen LogP) is 3.51. The summed E-state index contributed by atoms with van der Waals surface area (Å²) >= 11 is 5.77. The molecule has 0 radical (unpaired) electrons. The number of carbonyl (C=O) groups is 3. The number of carbonyl (C=O) groups excluding carboxylic acids is 3. The molecule has 172 valence electrons. The van der Waals surface area contributed by atoms with Crippen molar-refractivity contribution in [1.82, 2.24) is 20.6 Å². The Kier molecular flexibility index (Phi) is 6.45. The Morgan fingerprint density at radius 2 is 1.76 bits per heavy atom. The predicted molar refractivity (Wildman–Crippen MR) is 111 cm³/mol. The van der Waals surface area contributed by atoms with Crippen LogP contribution in [-0.4, -0.2) is 32.5 Å². The van der Waals surface area contributed by atoms with Crippen LogP contribution in [0.3, 0.4) is 0 Å². The van der Waals surface area contributed by atoms with Crippen molar-refractivity contribution in [3.63, 3.8) is 0 Å². The summed E-state index contributed by atoms with van der Waals surface area (Å²) in [6, 6.07) is 8.03. The third-order valence-electron chi connectivity index (χ3n) is 4.64. The van der Waals surface area contributed by atoms with Gasteiger partial charge in [0.25, 0.3) is 11.7 Å². The topological polar surface area (TPSA) is 113 Å². The quantitative estimate of drug-likeness (QED) is 0.300. The van der Waals surface area contributed by atoms with Gasteiger partial charge in [0, 0.05) is 5.02 Å². The number of hydrogen-bond donors (Lipinski definition) is 3. The summed E-state index contributed by atoms with van der Waals surface area (Å²) in [7, 11) is 0. The highest BCUT2D eigenvalue weighted by molar-refractivity contribution is 6.43. The molecule has 1 heterocycles. The molecule has 3 rings (SSSR count). The number of aromatic nitrogens is 2. The van der Waals surface area contributed by atoms with Gasteiger partial charge in [0.1, 0.15) is 5.75 Å². The fourth-order valence-corrected chi connectivity index (χ4v) is 3.25. The lowest BCUT2D eigenvalue weighted by atomic mass is 10.1. The lowest BCUT2D eigenvalue weighted by Gasteiger charge is -2.10. The molecule has 0 atom stereocenters. The Balaban J connectivity index is 1.81. The van der Waals surface area contributed by atoms with Crippen LogP contribution in [-0.2, 0) is 11.0 Å². The number of nitrogens with one attached hydrogen (secondary N) is 2. The average molecular weight is 481 g/mol. The van der Waals surface area contributed by atoms with Crippen LogP contribution in [0.15, 0.2) is 42.5 Å². The third-order valence-corrected chi connectivity index (χ3v) is 4.87. The third kappa shape index (κ3) is 4.98. The minimum atomic E-state index is -4.57. The average Bonchev–Trinajstić information content (AvgIpc) is 3.06. The molecule has 1 aromatic heterocycles. The van der Waals surface area contributed by atoms with Gasteiger partial charge in [0.15, 0.2) is 0 Å². The van der Waals surface area contributed by atoms with Crippen LogP contribution in [0, 0.1) is 13.8 Å². The second-order valence-corrected chi connectivity index (χ2v) is 7.34. The van der Waals surface area contributed by atoms with Gasteiger partial charge in [-0.1, -0.05) is 17.7 Å². The number of amides is 2. The molecule has 0 unspecified atom stereocenters. The number of hydrazine groups is 1. The van der Waals surface area contributed by atoms with Gasteiger partial charge in [0.05, 0.1) is 33.8 Å². The van der Waals surface area contributed by atoms with Gasteiger partial charge in [-0.15, -0.1) is 0 Å². The molecule has 0 aliphatic carbocycles. The van der Waals surface area contributed by atoms with Crippen molar-refractivity contribution in [2.45, 2.75) is 20.0 Å². The smallest absolute Gasteiger partial charge is 0.416 e. The largest absolute Gasteiger partial charge is 0.507 e. The zero-order valence-electron chi connectivity index (χ0n) is 17.1. The monoisotopic (exact) mass is 480 g/mol. The Bertz CT molecular complexity index is 1270. The van der Waals surface area contributed by atoms with Gasteiger partial charge >= 0.3 is 12.1 Å². The number of benzene rings is 2. The van der Waals surface area contributed by atoms with Gasteiger partial charge < -0.3 is 5.11 Å². The van der Waals surface area contributed by atoms with E-state index >= 15 is 0 Å². The molecule has 3 aromatic rings. The van der Waals surface area contributed by atoms with Crippen LogP contribution in [0.2, 0.25) is 5.02 Å². The fourth-order valence-electron chi connectivity index (χ4n) is 3.08. The summed E-state index contributed by atoms with van der Waals surface area (Å²) in [6.45, 7) is 2.84. The maximum atomic E-state index is 13.0. The van der Waals surface area contributed by atoms with Crippen molar-refractivity contribution in [1.29, 1.82) is 0 Å². The highest BCUT2D eigenvalue weighted by atomic mass is 35.5. The second kappa shape index (κ2) is 8.94. The van der Waals surface area contributed by atoms with E-state index in [0.717, 1.165) is 22.9 Å². The Morgan fingerprint density at radius 1 is 1.06 bits per heavy atom. The molecule has 8 nitrogen and oxygen atoms in total. The normalized spacial score (nSPS) is 11.2. The first-order valence-electron chi connectivity index (χ1n) is 9.27. The van der Waals surface area contributed by atoms with E-state index in [0.29, 0.717) is 0 Å². The first-order chi connectivity index (χ1) is 15.4. The van der Waals surface area contributed by atoms with E-state index in [4.69, 9.17) is 11.6 Å². The number of aromatic hydroxyl groups is 1. The van der Waals surface area contributed by atoms with Crippen LogP contribution in [0.1, 0.15) is 37.7 Å². The SMILES string of the molecule is Cc1nn(-c2cccc(C(F)(F)F)c2)c(C)c1C(=O)C(=O)NNC(=O)c1cc(Cl)ccc1O. The number of halogens is 4. The van der Waals surface area contributed by atoms with Crippen molar-refractivity contribution in [2.24, 2.45) is 0 Å². The van der Waals surface area contributed by atoms with E-state index < -0.39 is 35.1 Å². The molecule has 0 bridgehead atoms. The summed E-state index contributed by atoms with van der Waals surface area (Å²) in [5.74, 6) is -3.62. The van der Waals surface area contributed by atoms with E-state index in [1.54, 1.807) is 0 Å². The number of phenolic OH excluding ortho intramolecular Hbond substituents is 1. The van der Waals surface area contributed by atoms with E-state index in [2.05, 4.69) is 5.10 Å². The zero-order chi connectivity index (χ0) is 24.5. The van der Waals surface area contributed by atoms with Gasteiger partial charge in [-0.25, -0.2) is 4.68 Å². The number of Topliss-reactive ketones (excluding diaryl/α,β-unsaturated/α-hetero) is 1. The molecule has 0 aliphatic heterocycles. The van der Waals surface area contributed by atoms with Crippen LogP contribution >= 0.6 is 11.6 Å². The van der Waals surface area contributed by atoms with Crippen LogP contribution in [0.25, 0.3) is 5.69 Å². The molecular formula is C21H16ClF3N4O4. The number of nitrogens with zero attached hydrogens (tertiary/aromatic N) is 2. The lowest BCUT2D eigenvalue weighted by molar-refractivity contribution is -0.137. The number of phenols is 1. The molecule has 0 saturated carbocycles. The van der Waals surface area contributed by atoms with Crippen molar-refractivity contribution in [3.05, 3.63) is 75.6 Å². The van der Waals surface area contributed by atoms with Crippen molar-refractivity contribution < 1.29 is 32.7 Å². The molecule has 3 N–H and O–H groups in total. The standard InChI is InChI=1S/C21H16ClF3N4O4/c1-10-17(11(2)29(28-10)14-5-3-4-12(8-14)21(23,24)25)18(31)20(33)27-26-19(32)15-9-13(22)6-7-16(15)30/h3-9,30H,1-2H3,(H,26,32)(H,27,33). The second-order valence-electron chi connectivity index (χ2n) is 6.90. The molecule has 33 heavy (non-hydrogen) atoms. The van der Waals surface area contributed by atoms with Crippen LogP contribution < -0.4 is 10.9 Å². The van der Waals surface area contributed by atoms with E-state index in [1.807, 2.05) is 10.9 Å². The minimum absolute atomic E-state index is 0.0506. The molecule has 2 aromatic carbocycles. The highest BCUT2D eigenvalue weighted by Crippen LogP contribution is 2.31. The van der Waals surface area contributed by atoms with Crippen LogP contribution in [0.5, 0.6) is 5.75 Å². The number of ketones is 1. The van der Waals surface area contributed by atoms with Gasteiger partial charge in [-0.3, -0.25) is 25.2 Å². The Labute approximate surface area is 189 Å². The fraction of sp³-hybridized carbons (Fsp3) is 0.143. The first-order valence-corrected chi connectivity index (χ1v) is 9.65. The summed E-state index contributed by atoms with van der Waals surface area (Å²) in [5.41, 5.74) is 2.93. The number of aryl methyl sites for hydroxylation is 1. The Morgan fingerprint density at radius 3 is 2.42 bits per heavy atom. The molecule has 0 spiro atoms. The minimum Gasteiger partial charge on any atom is -0.507 e. The van der Waals surface area contributed by atoms with E-state index in [-0.39, 0.29) is 33.2 Å². The first kappa shape index (κ1) is 23.8. The van der Waals surface area contributed by atoms with E-state index in [9.17, 15) is 32.7 Å². The van der Waals surface area contributed by atoms with Gasteiger partial charge in [-0.2, -0.15) is 18.3 Å². The molecule has 12 heteroatoms. The van der Waals surface area contributed by atoms with Gasteiger partial charge in [0.2, 0.25) is 0 Å². The maximum Gasteiger partial charge on any atom is 0.416 e. The van der Waals surface area contributed by atoms with Gasteiger partial charge in [-0.05, 0) is 50.2 Å². The van der Waals surface area contributed by atoms with Crippen molar-refractivity contribution in [2.75, 3.05) is 0 Å². The molecule has 0 fully saturated rings. The van der Waals surface area contributed by atoms with Crippen molar-refractivity contribution >= 4 is 29.2 Å². The molecule has 0 aliphatic rings. The van der Waals surface area contributed by atoms with E-state index in [1.165, 1.54) is 38.1 Å². The summed E-state index contributed by atoms with van der Waals surface area (Å²) in [4.78, 5) is 37.1. The maximum absolute atomic E-state index is 13.0. The summed E-state index contributed by atoms with van der Waals surface area (Å²) in [6.07, 6.45) is -4.57. The Hall–Kier alpha value is -3.86. The van der Waals surface area contributed by atoms with Crippen molar-refractivity contribution in [3.8, 4) is 11.4 Å².